The van der Waals surface area contributed by atoms with Gasteiger partial charge in [-0.05, 0) is 84.9 Å². The Morgan fingerprint density at radius 2 is 0.526 bits per heavy atom. The maximum atomic E-state index is 12.2. The summed E-state index contributed by atoms with van der Waals surface area (Å²) >= 11 is 1.84. The van der Waals surface area contributed by atoms with Crippen LogP contribution in [0.25, 0.3) is 43.6 Å². The monoisotopic (exact) mass is 1040 g/mol. The molecular formula is C69H92N4O2S. The third kappa shape index (κ3) is 16.4. The average molecular weight is 1040 g/mol. The van der Waals surface area contributed by atoms with Crippen LogP contribution in [0, 0.1) is 0 Å². The van der Waals surface area contributed by atoms with E-state index >= 15 is 0 Å². The molecule has 6 nitrogen and oxygen atoms in total. The topological polar surface area (TPSA) is 42.6 Å². The lowest BCUT2D eigenvalue weighted by Gasteiger charge is -2.29. The van der Waals surface area contributed by atoms with Crippen molar-refractivity contribution >= 4 is 78.1 Å². The van der Waals surface area contributed by atoms with Crippen molar-refractivity contribution in [3.63, 3.8) is 0 Å². The van der Waals surface area contributed by atoms with Gasteiger partial charge in [-0.25, -0.2) is 0 Å². The Labute approximate surface area is 464 Å². The maximum absolute atomic E-state index is 12.2. The predicted octanol–water partition coefficient (Wildman–Crippen LogP) is 21.7. The molecule has 7 heteroatoms. The Kier molecular flexibility index (Phi) is 33.0. The molecule has 0 radical (unpaired) electrons. The van der Waals surface area contributed by atoms with Gasteiger partial charge in [0.1, 0.15) is 0 Å². The molecule has 0 atom stereocenters. The Morgan fingerprint density at radius 1 is 0.289 bits per heavy atom. The SMILES string of the molecule is CC.CC.CC.CC.CC.CC.CC.CC.CN1c2ccccc2Oc2ccccc21.CN1c2ccccc2Sc2ccccc21.Cn1c2ccccc2c(=O)c2ccccc21.Cn1c2ccccc2c2ccccc21. The van der Waals surface area contributed by atoms with E-state index in [0.717, 1.165) is 44.7 Å². The number of aromatic nitrogens is 2. The fourth-order valence-electron chi connectivity index (χ4n) is 8.09. The molecule has 406 valence electrons. The first kappa shape index (κ1) is 66.8. The Bertz CT molecular complexity index is 2930. The summed E-state index contributed by atoms with van der Waals surface area (Å²) in [6, 6.07) is 65.6. The number of aryl methyl sites for hydroxylation is 2. The summed E-state index contributed by atoms with van der Waals surface area (Å²) in [5, 5.41) is 4.24. The van der Waals surface area contributed by atoms with Gasteiger partial charge in [-0.1, -0.05) is 232 Å². The zero-order chi connectivity index (χ0) is 57.2. The van der Waals surface area contributed by atoms with E-state index < -0.39 is 0 Å². The predicted molar refractivity (Wildman–Crippen MR) is 344 cm³/mol. The van der Waals surface area contributed by atoms with Crippen molar-refractivity contribution in [1.82, 2.24) is 9.13 Å². The number of fused-ring (bicyclic) bond motifs is 9. The van der Waals surface area contributed by atoms with Crippen LogP contribution in [0.3, 0.4) is 0 Å². The van der Waals surface area contributed by atoms with Gasteiger partial charge in [-0.15, -0.1) is 0 Å². The number of ether oxygens (including phenoxy) is 1. The fraction of sp³-hybridized carbons (Fsp3) is 0.290. The van der Waals surface area contributed by atoms with Crippen molar-refractivity contribution in [2.24, 2.45) is 14.1 Å². The number of nitrogens with zero attached hydrogens (tertiary/aromatic N) is 4. The van der Waals surface area contributed by atoms with Crippen molar-refractivity contribution in [3.05, 3.63) is 204 Å². The highest BCUT2D eigenvalue weighted by Gasteiger charge is 2.21. The van der Waals surface area contributed by atoms with Crippen LogP contribution in [-0.4, -0.2) is 23.2 Å². The van der Waals surface area contributed by atoms with Crippen LogP contribution in [0.2, 0.25) is 0 Å². The largest absolute Gasteiger partial charge is 0.453 e. The van der Waals surface area contributed by atoms with E-state index in [9.17, 15) is 4.79 Å². The lowest BCUT2D eigenvalue weighted by Crippen LogP contribution is -2.15. The molecule has 2 aromatic heterocycles. The fourth-order valence-corrected chi connectivity index (χ4v) is 9.24. The molecule has 0 aliphatic carbocycles. The second-order valence-corrected chi connectivity index (χ2v) is 15.8. The minimum absolute atomic E-state index is 0.115. The Morgan fingerprint density at radius 3 is 0.868 bits per heavy atom. The van der Waals surface area contributed by atoms with Gasteiger partial charge in [-0.2, -0.15) is 0 Å². The van der Waals surface area contributed by atoms with Crippen LogP contribution in [0.1, 0.15) is 111 Å². The smallest absolute Gasteiger partial charge is 0.197 e. The van der Waals surface area contributed by atoms with Gasteiger partial charge in [0.2, 0.25) is 0 Å². The van der Waals surface area contributed by atoms with E-state index in [4.69, 9.17) is 4.74 Å². The summed E-state index contributed by atoms with van der Waals surface area (Å²) in [5.41, 5.74) is 9.47. The molecule has 0 saturated heterocycles. The first-order chi connectivity index (χ1) is 37.4. The molecule has 76 heavy (non-hydrogen) atoms. The molecule has 0 spiro atoms. The van der Waals surface area contributed by atoms with Crippen LogP contribution in [0.15, 0.2) is 209 Å². The van der Waals surface area contributed by atoms with Crippen molar-refractivity contribution in [3.8, 4) is 11.5 Å². The van der Waals surface area contributed by atoms with Crippen molar-refractivity contribution < 1.29 is 4.74 Å². The highest BCUT2D eigenvalue weighted by Crippen LogP contribution is 2.47. The molecule has 0 amide bonds. The third-order valence-electron chi connectivity index (χ3n) is 11.2. The lowest BCUT2D eigenvalue weighted by atomic mass is 10.1. The minimum atomic E-state index is 0.115. The van der Waals surface area contributed by atoms with Gasteiger partial charge >= 0.3 is 0 Å². The van der Waals surface area contributed by atoms with Gasteiger partial charge < -0.3 is 23.7 Å². The standard InChI is InChI=1S/C14H11NO.C13H11NO.C13H11NS.C13H11N.8C2H6/c1-15-12-8-4-2-6-10(12)14(16)11-7-3-5-9-13(11)15;2*1-14-10-6-2-4-8-12(10)15-13-9-5-3-7-11(13)14;1-14-12-8-4-2-6-10(12)11-7-3-5-9-13(11)14;8*1-2/h2-9H,1H3;2*2-9H,1H3;2-9H,1H3;8*1-2H3. The molecule has 0 bridgehead atoms. The number of para-hydroxylation sites is 10. The van der Waals surface area contributed by atoms with Crippen molar-refractivity contribution in [2.75, 3.05) is 23.9 Å². The average Bonchev–Trinajstić information content (AvgIpc) is 3.82. The molecule has 0 saturated carbocycles. The lowest BCUT2D eigenvalue weighted by molar-refractivity contribution is 0.475. The van der Waals surface area contributed by atoms with E-state index in [0.29, 0.717) is 0 Å². The van der Waals surface area contributed by atoms with E-state index in [2.05, 4.69) is 149 Å². The number of pyridine rings is 1. The molecule has 12 rings (SSSR count). The number of hydrogen-bond acceptors (Lipinski definition) is 5. The molecule has 2 aliphatic heterocycles. The van der Waals surface area contributed by atoms with Crippen LogP contribution in [0.5, 0.6) is 11.5 Å². The van der Waals surface area contributed by atoms with Crippen molar-refractivity contribution in [1.29, 1.82) is 0 Å². The molecule has 0 unspecified atom stereocenters. The molecule has 8 aromatic carbocycles. The van der Waals surface area contributed by atoms with Gasteiger partial charge in [0, 0.05) is 70.6 Å². The van der Waals surface area contributed by atoms with Gasteiger partial charge in [0.05, 0.1) is 33.8 Å². The first-order valence-electron chi connectivity index (χ1n) is 28.0. The van der Waals surface area contributed by atoms with Gasteiger partial charge in [0.25, 0.3) is 0 Å². The van der Waals surface area contributed by atoms with Crippen LogP contribution < -0.4 is 20.0 Å². The molecule has 2 aliphatic rings. The Hall–Kier alpha value is -7.22. The van der Waals surface area contributed by atoms with E-state index in [-0.39, 0.29) is 5.43 Å². The van der Waals surface area contributed by atoms with Gasteiger partial charge in [-0.3, -0.25) is 4.79 Å². The quantitative estimate of drug-likeness (QED) is 0.142. The first-order valence-corrected chi connectivity index (χ1v) is 28.8. The zero-order valence-corrected chi connectivity index (χ0v) is 50.8. The summed E-state index contributed by atoms with van der Waals surface area (Å²) in [7, 11) is 8.28. The third-order valence-corrected chi connectivity index (χ3v) is 12.3. The number of rotatable bonds is 0. The highest BCUT2D eigenvalue weighted by molar-refractivity contribution is 7.99. The number of hydrogen-bond donors (Lipinski definition) is 0. The Balaban J connectivity index is 0.000000465. The maximum Gasteiger partial charge on any atom is 0.197 e. The van der Waals surface area contributed by atoms with E-state index in [1.165, 1.54) is 43.0 Å². The van der Waals surface area contributed by atoms with Crippen LogP contribution in [-0.2, 0) is 14.1 Å². The summed E-state index contributed by atoms with van der Waals surface area (Å²) in [4.78, 5) is 19.3. The van der Waals surface area contributed by atoms with Crippen LogP contribution >= 0.6 is 11.8 Å². The molecule has 10 aromatic rings. The van der Waals surface area contributed by atoms with Crippen LogP contribution in [0.4, 0.5) is 22.7 Å². The summed E-state index contributed by atoms with van der Waals surface area (Å²) < 4.78 is 10.1. The second kappa shape index (κ2) is 37.5. The van der Waals surface area contributed by atoms with E-state index in [1.54, 1.807) is 0 Å². The zero-order valence-electron chi connectivity index (χ0n) is 50.0. The molecule has 4 heterocycles. The summed E-state index contributed by atoms with van der Waals surface area (Å²) in [5.74, 6) is 1.83. The normalized spacial score (nSPS) is 10.2. The van der Waals surface area contributed by atoms with E-state index in [1.807, 2.05) is 215 Å². The molecule has 0 fully saturated rings. The minimum Gasteiger partial charge on any atom is -0.453 e. The van der Waals surface area contributed by atoms with Crippen molar-refractivity contribution in [2.45, 2.75) is 121 Å². The van der Waals surface area contributed by atoms with Gasteiger partial charge in [0.15, 0.2) is 16.9 Å². The summed E-state index contributed by atoms with van der Waals surface area (Å²) in [6.07, 6.45) is 0. The highest BCUT2D eigenvalue weighted by atomic mass is 32.2. The molecular weight excluding hydrogens is 949 g/mol. The summed E-state index contributed by atoms with van der Waals surface area (Å²) in [6.45, 7) is 32.0. The molecule has 0 N–H and O–H groups in total. The number of benzene rings is 8. The second-order valence-electron chi connectivity index (χ2n) is 14.7. The number of anilines is 4.